The molecule has 3 aromatic rings. The molecule has 6 heteroatoms. The maximum Gasteiger partial charge on any atom is 0.123 e. The van der Waals surface area contributed by atoms with E-state index in [1.54, 1.807) is 24.8 Å². The van der Waals surface area contributed by atoms with E-state index in [9.17, 15) is 0 Å². The molecule has 0 unspecified atom stereocenters. The fraction of sp³-hybridized carbons (Fsp3) is 0. The number of nitrogens with two attached hydrogens (primary N) is 1. The van der Waals surface area contributed by atoms with E-state index in [1.807, 2.05) is 28.8 Å². The van der Waals surface area contributed by atoms with Crippen LogP contribution in [0, 0.1) is 0 Å². The summed E-state index contributed by atoms with van der Waals surface area (Å²) in [6.07, 6.45) is 5.17. The van der Waals surface area contributed by atoms with Crippen molar-refractivity contribution in [1.82, 2.24) is 14.5 Å². The molecule has 0 saturated carbocycles. The molecule has 20 heavy (non-hydrogen) atoms. The van der Waals surface area contributed by atoms with Crippen molar-refractivity contribution in [2.45, 2.75) is 0 Å². The van der Waals surface area contributed by atoms with Crippen molar-refractivity contribution in [2.75, 3.05) is 5.73 Å². The molecule has 0 aliphatic heterocycles. The summed E-state index contributed by atoms with van der Waals surface area (Å²) in [4.78, 5) is 8.20. The minimum atomic E-state index is 0.470. The van der Waals surface area contributed by atoms with Gasteiger partial charge in [-0.3, -0.25) is 4.57 Å². The summed E-state index contributed by atoms with van der Waals surface area (Å²) in [7, 11) is 0. The van der Waals surface area contributed by atoms with Gasteiger partial charge in [0.2, 0.25) is 0 Å². The van der Waals surface area contributed by atoms with Crippen LogP contribution in [0.2, 0.25) is 5.02 Å². The van der Waals surface area contributed by atoms with E-state index in [-0.39, 0.29) is 0 Å². The summed E-state index contributed by atoms with van der Waals surface area (Å²) in [5.41, 5.74) is 8.43. The van der Waals surface area contributed by atoms with Gasteiger partial charge in [-0.15, -0.1) is 0 Å². The Hall–Kier alpha value is -1.85. The minimum Gasteiger partial charge on any atom is -0.384 e. The predicted octanol–water partition coefficient (Wildman–Crippen LogP) is 3.93. The molecule has 100 valence electrons. The third-order valence-corrected chi connectivity index (χ3v) is 3.68. The van der Waals surface area contributed by atoms with Crippen LogP contribution in [0.4, 0.5) is 5.82 Å². The van der Waals surface area contributed by atoms with Crippen LogP contribution in [0.1, 0.15) is 0 Å². The summed E-state index contributed by atoms with van der Waals surface area (Å²) in [5, 5.41) is 0.639. The second-order valence-corrected chi connectivity index (χ2v) is 5.54. The molecule has 0 spiro atoms. The van der Waals surface area contributed by atoms with Crippen LogP contribution < -0.4 is 5.73 Å². The van der Waals surface area contributed by atoms with Gasteiger partial charge in [0.15, 0.2) is 0 Å². The van der Waals surface area contributed by atoms with Gasteiger partial charge < -0.3 is 5.73 Å². The van der Waals surface area contributed by atoms with E-state index < -0.39 is 0 Å². The van der Waals surface area contributed by atoms with Gasteiger partial charge in [0.1, 0.15) is 5.82 Å². The van der Waals surface area contributed by atoms with Crippen LogP contribution in [0.5, 0.6) is 0 Å². The standard InChI is InChI=1S/C14H10BrClN4/c15-10-1-2-12(11(16)6-10)20-8-18-7-13(20)9-3-4-19-14(17)5-9/h1-8H,(H2,17,19). The highest BCUT2D eigenvalue weighted by Crippen LogP contribution is 2.29. The lowest BCUT2D eigenvalue weighted by Crippen LogP contribution is -1.97. The predicted molar refractivity (Wildman–Crippen MR) is 83.9 cm³/mol. The fourth-order valence-electron chi connectivity index (χ4n) is 1.98. The number of hydrogen-bond donors (Lipinski definition) is 1. The summed E-state index contributed by atoms with van der Waals surface area (Å²) in [5.74, 6) is 0.470. The molecule has 0 atom stereocenters. The normalized spacial score (nSPS) is 10.7. The highest BCUT2D eigenvalue weighted by atomic mass is 79.9. The first-order valence-electron chi connectivity index (χ1n) is 5.85. The first-order valence-corrected chi connectivity index (χ1v) is 7.02. The molecule has 4 nitrogen and oxygen atoms in total. The molecule has 0 aliphatic carbocycles. The number of halogens is 2. The molecule has 0 radical (unpaired) electrons. The zero-order valence-electron chi connectivity index (χ0n) is 10.3. The fourth-order valence-corrected chi connectivity index (χ4v) is 2.75. The molecule has 2 heterocycles. The van der Waals surface area contributed by atoms with Crippen molar-refractivity contribution in [2.24, 2.45) is 0 Å². The van der Waals surface area contributed by atoms with Crippen LogP contribution >= 0.6 is 27.5 Å². The number of nitrogens with zero attached hydrogens (tertiary/aromatic N) is 3. The molecule has 0 aliphatic rings. The molecule has 3 rings (SSSR count). The van der Waals surface area contributed by atoms with Crippen molar-refractivity contribution in [1.29, 1.82) is 0 Å². The van der Waals surface area contributed by atoms with Crippen LogP contribution in [0.15, 0.2) is 53.5 Å². The molecule has 0 amide bonds. The average Bonchev–Trinajstić information content (AvgIpc) is 2.87. The second-order valence-electron chi connectivity index (χ2n) is 4.21. The maximum atomic E-state index is 6.30. The SMILES string of the molecule is Nc1cc(-c2cncn2-c2ccc(Br)cc2Cl)ccn1. The Morgan fingerprint density at radius 2 is 2.05 bits per heavy atom. The van der Waals surface area contributed by atoms with Crippen LogP contribution in [-0.4, -0.2) is 14.5 Å². The summed E-state index contributed by atoms with van der Waals surface area (Å²) in [6, 6.07) is 9.41. The van der Waals surface area contributed by atoms with Crippen molar-refractivity contribution in [3.63, 3.8) is 0 Å². The molecular formula is C14H10BrClN4. The summed E-state index contributed by atoms with van der Waals surface area (Å²) < 4.78 is 2.85. The van der Waals surface area contributed by atoms with Crippen LogP contribution in [0.3, 0.4) is 0 Å². The number of imidazole rings is 1. The molecule has 2 N–H and O–H groups in total. The largest absolute Gasteiger partial charge is 0.384 e. The Morgan fingerprint density at radius 3 is 2.80 bits per heavy atom. The van der Waals surface area contributed by atoms with Gasteiger partial charge in [-0.25, -0.2) is 9.97 Å². The summed E-state index contributed by atoms with van der Waals surface area (Å²) >= 11 is 9.69. The van der Waals surface area contributed by atoms with Crippen molar-refractivity contribution < 1.29 is 0 Å². The average molecular weight is 350 g/mol. The van der Waals surface area contributed by atoms with Gasteiger partial charge in [-0.05, 0) is 30.3 Å². The first kappa shape index (κ1) is 13.1. The number of hydrogen-bond acceptors (Lipinski definition) is 3. The number of benzene rings is 1. The molecule has 2 aromatic heterocycles. The molecule has 0 bridgehead atoms. The molecule has 0 fully saturated rings. The number of rotatable bonds is 2. The zero-order chi connectivity index (χ0) is 14.1. The van der Waals surface area contributed by atoms with Gasteiger partial charge in [-0.2, -0.15) is 0 Å². The van der Waals surface area contributed by atoms with Crippen LogP contribution in [-0.2, 0) is 0 Å². The highest BCUT2D eigenvalue weighted by molar-refractivity contribution is 9.10. The monoisotopic (exact) mass is 348 g/mol. The number of aromatic nitrogens is 3. The van der Waals surface area contributed by atoms with Crippen LogP contribution in [0.25, 0.3) is 16.9 Å². The second kappa shape index (κ2) is 5.26. The van der Waals surface area contributed by atoms with E-state index >= 15 is 0 Å². The number of anilines is 1. The molecule has 1 aromatic carbocycles. The Balaban J connectivity index is 2.15. The quantitative estimate of drug-likeness (QED) is 0.762. The van der Waals surface area contributed by atoms with E-state index in [4.69, 9.17) is 17.3 Å². The number of nitrogen functional groups attached to an aromatic ring is 1. The molecule has 0 saturated heterocycles. The van der Waals surface area contributed by atoms with Gasteiger partial charge >= 0.3 is 0 Å². The van der Waals surface area contributed by atoms with E-state index in [0.29, 0.717) is 10.8 Å². The zero-order valence-corrected chi connectivity index (χ0v) is 12.6. The Labute approximate surface area is 129 Å². The summed E-state index contributed by atoms with van der Waals surface area (Å²) in [6.45, 7) is 0. The van der Waals surface area contributed by atoms with Gasteiger partial charge in [0, 0.05) is 16.2 Å². The lowest BCUT2D eigenvalue weighted by atomic mass is 10.2. The number of pyridine rings is 1. The van der Waals surface area contributed by atoms with E-state index in [2.05, 4.69) is 25.9 Å². The highest BCUT2D eigenvalue weighted by Gasteiger charge is 2.10. The topological polar surface area (TPSA) is 56.7 Å². The van der Waals surface area contributed by atoms with Gasteiger partial charge in [-0.1, -0.05) is 27.5 Å². The van der Waals surface area contributed by atoms with E-state index in [1.165, 1.54) is 0 Å². The Bertz CT molecular complexity index is 769. The minimum absolute atomic E-state index is 0.470. The third kappa shape index (κ3) is 2.42. The third-order valence-electron chi connectivity index (χ3n) is 2.88. The van der Waals surface area contributed by atoms with E-state index in [0.717, 1.165) is 21.4 Å². The maximum absolute atomic E-state index is 6.30. The van der Waals surface area contributed by atoms with Crippen molar-refractivity contribution >= 4 is 33.3 Å². The molecular weight excluding hydrogens is 340 g/mol. The van der Waals surface area contributed by atoms with Crippen molar-refractivity contribution in [3.8, 4) is 16.9 Å². The van der Waals surface area contributed by atoms with Gasteiger partial charge in [0.05, 0.1) is 28.9 Å². The van der Waals surface area contributed by atoms with Gasteiger partial charge in [0.25, 0.3) is 0 Å². The smallest absolute Gasteiger partial charge is 0.123 e. The van der Waals surface area contributed by atoms with Crippen molar-refractivity contribution in [3.05, 3.63) is 58.5 Å². The lowest BCUT2D eigenvalue weighted by Gasteiger charge is -2.10. The Morgan fingerprint density at radius 1 is 1.20 bits per heavy atom. The first-order chi connectivity index (χ1) is 9.65. The Kier molecular flexibility index (Phi) is 3.46. The lowest BCUT2D eigenvalue weighted by molar-refractivity contribution is 1.06.